The van der Waals surface area contributed by atoms with E-state index in [9.17, 15) is 9.59 Å². The van der Waals surface area contributed by atoms with Gasteiger partial charge >= 0.3 is 0 Å². The van der Waals surface area contributed by atoms with Gasteiger partial charge in [0.1, 0.15) is 10.5 Å². The fraction of sp³-hybridized carbons (Fsp3) is 0. The van der Waals surface area contributed by atoms with E-state index in [1.165, 1.54) is 11.3 Å². The van der Waals surface area contributed by atoms with Gasteiger partial charge in [-0.05, 0) is 24.3 Å². The smallest absolute Gasteiger partial charge is 0.267 e. The van der Waals surface area contributed by atoms with Crippen molar-refractivity contribution in [3.63, 3.8) is 0 Å². The molecule has 0 aliphatic carbocycles. The molecule has 0 aliphatic heterocycles. The van der Waals surface area contributed by atoms with Crippen LogP contribution in [0.25, 0.3) is 21.1 Å². The number of nitrogens with one attached hydrogen (secondary N) is 1. The molecule has 0 radical (unpaired) electrons. The Labute approximate surface area is 191 Å². The van der Waals surface area contributed by atoms with Crippen LogP contribution in [0.1, 0.15) is 25.8 Å². The summed E-state index contributed by atoms with van der Waals surface area (Å²) >= 11 is 13.8. The van der Waals surface area contributed by atoms with Gasteiger partial charge in [0, 0.05) is 26.1 Å². The molecule has 7 heteroatoms. The van der Waals surface area contributed by atoms with Gasteiger partial charge in [0.15, 0.2) is 5.76 Å². The van der Waals surface area contributed by atoms with Crippen molar-refractivity contribution in [2.75, 3.05) is 5.32 Å². The summed E-state index contributed by atoms with van der Waals surface area (Å²) < 4.78 is 6.65. The lowest BCUT2D eigenvalue weighted by Crippen LogP contribution is -2.13. The molecule has 4 nitrogen and oxygen atoms in total. The van der Waals surface area contributed by atoms with Crippen LogP contribution in [0.5, 0.6) is 0 Å². The van der Waals surface area contributed by atoms with Gasteiger partial charge in [0.2, 0.25) is 5.78 Å². The summed E-state index contributed by atoms with van der Waals surface area (Å²) in [6.07, 6.45) is 0. The van der Waals surface area contributed by atoms with E-state index in [-0.39, 0.29) is 11.5 Å². The minimum atomic E-state index is -0.420. The summed E-state index contributed by atoms with van der Waals surface area (Å²) in [7, 11) is 0. The third-order valence-corrected chi connectivity index (χ3v) is 6.76. The van der Waals surface area contributed by atoms with Crippen LogP contribution in [0.15, 0.2) is 77.2 Å². The number of rotatable bonds is 4. The van der Waals surface area contributed by atoms with Crippen LogP contribution in [-0.4, -0.2) is 11.7 Å². The molecule has 2 heterocycles. The topological polar surface area (TPSA) is 59.3 Å². The van der Waals surface area contributed by atoms with Crippen molar-refractivity contribution in [2.45, 2.75) is 0 Å². The van der Waals surface area contributed by atoms with Gasteiger partial charge < -0.3 is 9.73 Å². The Morgan fingerprint density at radius 1 is 0.871 bits per heavy atom. The number of furan rings is 1. The van der Waals surface area contributed by atoms with Crippen LogP contribution < -0.4 is 5.32 Å². The van der Waals surface area contributed by atoms with Crippen molar-refractivity contribution in [3.05, 3.63) is 99.0 Å². The second kappa shape index (κ2) is 7.85. The highest BCUT2D eigenvalue weighted by Gasteiger charge is 2.25. The zero-order valence-corrected chi connectivity index (χ0v) is 18.1. The Morgan fingerprint density at radius 2 is 1.61 bits per heavy atom. The average Bonchev–Trinajstić information content (AvgIpc) is 3.31. The number of amides is 1. The largest absolute Gasteiger partial charge is 0.450 e. The van der Waals surface area contributed by atoms with Crippen molar-refractivity contribution < 1.29 is 14.0 Å². The molecule has 0 fully saturated rings. The molecule has 5 rings (SSSR count). The number of fused-ring (bicyclic) bond motifs is 2. The van der Waals surface area contributed by atoms with E-state index >= 15 is 0 Å². The number of hydrogen-bond acceptors (Lipinski definition) is 4. The van der Waals surface area contributed by atoms with E-state index in [1.54, 1.807) is 60.7 Å². The molecule has 0 unspecified atom stereocenters. The Bertz CT molecular complexity index is 1470. The summed E-state index contributed by atoms with van der Waals surface area (Å²) in [6, 6.07) is 21.2. The maximum Gasteiger partial charge on any atom is 0.267 e. The van der Waals surface area contributed by atoms with Crippen LogP contribution in [0.4, 0.5) is 5.69 Å². The highest BCUT2D eigenvalue weighted by atomic mass is 35.5. The van der Waals surface area contributed by atoms with Crippen LogP contribution in [0.2, 0.25) is 10.0 Å². The molecule has 0 saturated carbocycles. The van der Waals surface area contributed by atoms with E-state index in [1.807, 2.05) is 12.1 Å². The lowest BCUT2D eigenvalue weighted by molar-refractivity contribution is 0.101. The Hall–Kier alpha value is -3.12. The molecule has 0 aliphatic rings. The van der Waals surface area contributed by atoms with Gasteiger partial charge in [-0.15, -0.1) is 11.3 Å². The standard InChI is InChI=1S/C24H13Cl2NO3S/c25-14-10-11-16-18(12-14)31-23(19(16)26)24(29)27-20-15-8-4-5-9-17(15)30-22(20)21(28)13-6-2-1-3-7-13/h1-12H,(H,27,29). The van der Waals surface area contributed by atoms with Crippen molar-refractivity contribution in [1.29, 1.82) is 0 Å². The molecule has 1 amide bonds. The van der Waals surface area contributed by atoms with Gasteiger partial charge in [-0.1, -0.05) is 71.7 Å². The number of halogens is 2. The van der Waals surface area contributed by atoms with Crippen LogP contribution in [0, 0.1) is 0 Å². The SMILES string of the molecule is O=C(c1ccccc1)c1oc2ccccc2c1NC(=O)c1sc2cc(Cl)ccc2c1Cl. The molecule has 3 aromatic carbocycles. The molecule has 0 saturated heterocycles. The van der Waals surface area contributed by atoms with E-state index < -0.39 is 5.91 Å². The fourth-order valence-electron chi connectivity index (χ4n) is 3.41. The molecular weight excluding hydrogens is 453 g/mol. The van der Waals surface area contributed by atoms with Crippen molar-refractivity contribution >= 4 is 73.0 Å². The van der Waals surface area contributed by atoms with E-state index in [2.05, 4.69) is 5.32 Å². The number of anilines is 1. The van der Waals surface area contributed by atoms with Crippen molar-refractivity contribution in [1.82, 2.24) is 0 Å². The van der Waals surface area contributed by atoms with E-state index in [0.717, 1.165) is 10.1 Å². The molecule has 31 heavy (non-hydrogen) atoms. The summed E-state index contributed by atoms with van der Waals surface area (Å²) in [5.41, 5.74) is 1.29. The summed E-state index contributed by atoms with van der Waals surface area (Å²) in [6.45, 7) is 0. The highest BCUT2D eigenvalue weighted by molar-refractivity contribution is 7.21. The first-order valence-corrected chi connectivity index (χ1v) is 10.9. The maximum absolute atomic E-state index is 13.2. The first-order chi connectivity index (χ1) is 15.0. The number of carbonyl (C=O) groups is 2. The highest BCUT2D eigenvalue weighted by Crippen LogP contribution is 2.38. The Morgan fingerprint density at radius 3 is 2.42 bits per heavy atom. The first kappa shape index (κ1) is 19.8. The lowest BCUT2D eigenvalue weighted by Gasteiger charge is -2.05. The van der Waals surface area contributed by atoms with E-state index in [4.69, 9.17) is 27.6 Å². The van der Waals surface area contributed by atoms with Gasteiger partial charge in [-0.25, -0.2) is 0 Å². The van der Waals surface area contributed by atoms with Crippen molar-refractivity contribution in [3.8, 4) is 0 Å². The molecular formula is C24H13Cl2NO3S. The second-order valence-electron chi connectivity index (χ2n) is 6.84. The third-order valence-electron chi connectivity index (χ3n) is 4.87. The third kappa shape index (κ3) is 3.51. The molecule has 152 valence electrons. The number of carbonyl (C=O) groups excluding carboxylic acids is 2. The number of hydrogen-bond donors (Lipinski definition) is 1. The minimum absolute atomic E-state index is 0.0704. The predicted octanol–water partition coefficient (Wildman–Crippen LogP) is 7.44. The minimum Gasteiger partial charge on any atom is -0.450 e. The zero-order valence-electron chi connectivity index (χ0n) is 15.8. The molecule has 5 aromatic rings. The maximum atomic E-state index is 13.2. The number of benzene rings is 3. The normalized spacial score (nSPS) is 11.2. The van der Waals surface area contributed by atoms with Crippen LogP contribution in [0.3, 0.4) is 0 Å². The van der Waals surface area contributed by atoms with Crippen LogP contribution >= 0.6 is 34.5 Å². The van der Waals surface area contributed by atoms with Gasteiger partial charge in [0.05, 0.1) is 10.7 Å². The zero-order chi connectivity index (χ0) is 21.5. The monoisotopic (exact) mass is 465 g/mol. The first-order valence-electron chi connectivity index (χ1n) is 9.33. The fourth-order valence-corrected chi connectivity index (χ4v) is 5.09. The lowest BCUT2D eigenvalue weighted by atomic mass is 10.1. The van der Waals surface area contributed by atoms with E-state index in [0.29, 0.717) is 37.1 Å². The molecule has 1 N–H and O–H groups in total. The number of ketones is 1. The predicted molar refractivity (Wildman–Crippen MR) is 126 cm³/mol. The molecule has 0 spiro atoms. The number of thiophene rings is 1. The average molecular weight is 466 g/mol. The van der Waals surface area contributed by atoms with Crippen LogP contribution in [-0.2, 0) is 0 Å². The summed E-state index contributed by atoms with van der Waals surface area (Å²) in [5.74, 6) is -0.668. The summed E-state index contributed by atoms with van der Waals surface area (Å²) in [4.78, 5) is 26.6. The quantitative estimate of drug-likeness (QED) is 0.280. The Balaban J connectivity index is 1.60. The summed E-state index contributed by atoms with van der Waals surface area (Å²) in [5, 5.41) is 5.15. The van der Waals surface area contributed by atoms with Crippen molar-refractivity contribution in [2.24, 2.45) is 0 Å². The second-order valence-corrected chi connectivity index (χ2v) is 8.70. The molecule has 0 atom stereocenters. The molecule has 2 aromatic heterocycles. The van der Waals surface area contributed by atoms with Gasteiger partial charge in [0.25, 0.3) is 5.91 Å². The Kier molecular flexibility index (Phi) is 5.02. The number of para-hydroxylation sites is 1. The van der Waals surface area contributed by atoms with Gasteiger partial charge in [-0.2, -0.15) is 0 Å². The van der Waals surface area contributed by atoms with Gasteiger partial charge in [-0.3, -0.25) is 9.59 Å². The molecule has 0 bridgehead atoms.